The number of benzene rings is 2. The van der Waals surface area contributed by atoms with Gasteiger partial charge in [0.05, 0.1) is 11.7 Å². The first-order valence-corrected chi connectivity index (χ1v) is 10.3. The van der Waals surface area contributed by atoms with E-state index in [2.05, 4.69) is 15.5 Å². The van der Waals surface area contributed by atoms with Crippen molar-refractivity contribution in [2.45, 2.75) is 32.4 Å². The van der Waals surface area contributed by atoms with Crippen molar-refractivity contribution >= 4 is 17.5 Å². The molecule has 0 bridgehead atoms. The van der Waals surface area contributed by atoms with Gasteiger partial charge in [-0.05, 0) is 81.4 Å². The molecule has 2 N–H and O–H groups in total. The number of halogens is 2. The number of nitrogens with one attached hydrogen (secondary N) is 2. The number of hydrogen-bond donors (Lipinski definition) is 2. The van der Waals surface area contributed by atoms with Crippen LogP contribution in [0, 0.1) is 5.82 Å². The molecule has 0 saturated carbocycles. The van der Waals surface area contributed by atoms with Gasteiger partial charge in [0.15, 0.2) is 0 Å². The topological polar surface area (TPSA) is 61.0 Å². The molecule has 158 valence electrons. The van der Waals surface area contributed by atoms with Crippen molar-refractivity contribution in [2.24, 2.45) is 0 Å². The van der Waals surface area contributed by atoms with Crippen LogP contribution in [0.2, 0.25) is 5.02 Å². The summed E-state index contributed by atoms with van der Waals surface area (Å²) in [5.41, 5.74) is 3.71. The van der Waals surface area contributed by atoms with Gasteiger partial charge < -0.3 is 5.32 Å². The fraction of sp³-hybridized carbons (Fsp3) is 0.304. The van der Waals surface area contributed by atoms with Crippen LogP contribution in [0.15, 0.2) is 54.6 Å². The zero-order valence-electron chi connectivity index (χ0n) is 17.2. The second kappa shape index (κ2) is 10.4. The largest absolute Gasteiger partial charge is 0.351 e. The van der Waals surface area contributed by atoms with Crippen LogP contribution in [-0.2, 0) is 17.8 Å². The zero-order chi connectivity index (χ0) is 21.5. The minimum Gasteiger partial charge on any atom is -0.351 e. The minimum absolute atomic E-state index is 0.00686. The van der Waals surface area contributed by atoms with Crippen molar-refractivity contribution in [3.63, 3.8) is 0 Å². The van der Waals surface area contributed by atoms with Crippen LogP contribution in [0.1, 0.15) is 24.6 Å². The molecule has 30 heavy (non-hydrogen) atoms. The molecule has 3 rings (SSSR count). The highest BCUT2D eigenvalue weighted by Gasteiger charge is 2.17. The van der Waals surface area contributed by atoms with Crippen LogP contribution in [-0.4, -0.2) is 40.6 Å². The number of amides is 1. The number of rotatable bonds is 9. The van der Waals surface area contributed by atoms with E-state index in [0.717, 1.165) is 41.9 Å². The number of carbonyl (C=O) groups excluding carboxylic acids is 1. The number of likely N-dealkylation sites (N-methyl/N-ethyl adjacent to an activating group) is 1. The zero-order valence-corrected chi connectivity index (χ0v) is 17.9. The van der Waals surface area contributed by atoms with Crippen molar-refractivity contribution in [1.82, 2.24) is 20.4 Å². The molecule has 0 aliphatic heterocycles. The van der Waals surface area contributed by atoms with Gasteiger partial charge in [0.1, 0.15) is 5.82 Å². The quantitative estimate of drug-likeness (QED) is 0.529. The predicted molar refractivity (Wildman–Crippen MR) is 118 cm³/mol. The minimum atomic E-state index is -0.260. The molecule has 1 unspecified atom stereocenters. The van der Waals surface area contributed by atoms with Gasteiger partial charge in [0.2, 0.25) is 5.91 Å². The van der Waals surface area contributed by atoms with Crippen molar-refractivity contribution in [2.75, 3.05) is 13.6 Å². The van der Waals surface area contributed by atoms with Gasteiger partial charge in [-0.15, -0.1) is 0 Å². The summed E-state index contributed by atoms with van der Waals surface area (Å²) in [5, 5.41) is 11.0. The highest BCUT2D eigenvalue weighted by molar-refractivity contribution is 6.30. The molecule has 0 aliphatic carbocycles. The summed E-state index contributed by atoms with van der Waals surface area (Å²) < 4.78 is 13.1. The lowest BCUT2D eigenvalue weighted by Gasteiger charge is -2.23. The Labute approximate surface area is 181 Å². The van der Waals surface area contributed by atoms with Crippen LogP contribution in [0.5, 0.6) is 0 Å². The van der Waals surface area contributed by atoms with E-state index in [-0.39, 0.29) is 17.8 Å². The van der Waals surface area contributed by atoms with E-state index in [1.165, 1.54) is 12.1 Å². The Morgan fingerprint density at radius 2 is 1.90 bits per heavy atom. The van der Waals surface area contributed by atoms with E-state index in [1.807, 2.05) is 49.2 Å². The number of aromatic nitrogens is 2. The van der Waals surface area contributed by atoms with Gasteiger partial charge in [0.25, 0.3) is 0 Å². The average molecular weight is 429 g/mol. The lowest BCUT2D eigenvalue weighted by atomic mass is 10.1. The normalized spacial score (nSPS) is 12.2. The maximum atomic E-state index is 13.1. The highest BCUT2D eigenvalue weighted by atomic mass is 35.5. The Morgan fingerprint density at radius 1 is 1.20 bits per heavy atom. The van der Waals surface area contributed by atoms with E-state index < -0.39 is 0 Å². The van der Waals surface area contributed by atoms with Crippen LogP contribution >= 0.6 is 11.6 Å². The third kappa shape index (κ3) is 6.15. The highest BCUT2D eigenvalue weighted by Crippen LogP contribution is 2.18. The van der Waals surface area contributed by atoms with E-state index >= 15 is 0 Å². The van der Waals surface area contributed by atoms with Gasteiger partial charge in [-0.3, -0.25) is 14.8 Å². The second-order valence-corrected chi connectivity index (χ2v) is 7.83. The second-order valence-electron chi connectivity index (χ2n) is 7.39. The molecule has 0 fully saturated rings. The van der Waals surface area contributed by atoms with Crippen molar-refractivity contribution < 1.29 is 9.18 Å². The number of carbonyl (C=O) groups is 1. The van der Waals surface area contributed by atoms with Gasteiger partial charge in [-0.25, -0.2) is 4.39 Å². The molecule has 0 radical (unpaired) electrons. The molecule has 0 spiro atoms. The molecule has 1 heterocycles. The molecular weight excluding hydrogens is 403 g/mol. The third-order valence-corrected chi connectivity index (χ3v) is 5.40. The summed E-state index contributed by atoms with van der Waals surface area (Å²) in [6.45, 7) is 3.16. The monoisotopic (exact) mass is 428 g/mol. The van der Waals surface area contributed by atoms with Crippen LogP contribution < -0.4 is 5.32 Å². The summed E-state index contributed by atoms with van der Waals surface area (Å²) in [5.74, 6) is -0.267. The van der Waals surface area contributed by atoms with Gasteiger partial charge in [-0.2, -0.15) is 5.10 Å². The van der Waals surface area contributed by atoms with Gasteiger partial charge in [-0.1, -0.05) is 23.7 Å². The Hall–Kier alpha value is -2.70. The molecule has 7 heteroatoms. The molecule has 5 nitrogen and oxygen atoms in total. The molecule has 1 amide bonds. The van der Waals surface area contributed by atoms with E-state index in [4.69, 9.17) is 11.6 Å². The first kappa shape index (κ1) is 22.0. The van der Waals surface area contributed by atoms with E-state index in [9.17, 15) is 9.18 Å². The summed E-state index contributed by atoms with van der Waals surface area (Å²) in [4.78, 5) is 14.5. The average Bonchev–Trinajstić information content (AvgIpc) is 3.22. The summed E-state index contributed by atoms with van der Waals surface area (Å²) >= 11 is 5.88. The van der Waals surface area contributed by atoms with Crippen molar-refractivity contribution in [3.05, 3.63) is 76.7 Å². The van der Waals surface area contributed by atoms with Crippen molar-refractivity contribution in [3.8, 4) is 11.3 Å². The Balaban J connectivity index is 1.42. The molecule has 0 aliphatic rings. The Morgan fingerprint density at radius 3 is 2.60 bits per heavy atom. The van der Waals surface area contributed by atoms with E-state index in [0.29, 0.717) is 11.6 Å². The van der Waals surface area contributed by atoms with Crippen LogP contribution in [0.3, 0.4) is 0 Å². The lowest BCUT2D eigenvalue weighted by molar-refractivity contribution is -0.125. The summed E-state index contributed by atoms with van der Waals surface area (Å²) in [6.07, 6.45) is 1.70. The Kier molecular flexibility index (Phi) is 7.60. The molecule has 2 aromatic carbocycles. The number of H-pyrrole nitrogens is 1. The van der Waals surface area contributed by atoms with Crippen molar-refractivity contribution in [1.29, 1.82) is 0 Å². The summed E-state index contributed by atoms with van der Waals surface area (Å²) in [6, 6.07) is 15.5. The van der Waals surface area contributed by atoms with Crippen LogP contribution in [0.4, 0.5) is 4.39 Å². The lowest BCUT2D eigenvalue weighted by Crippen LogP contribution is -2.43. The summed E-state index contributed by atoms with van der Waals surface area (Å²) in [7, 11) is 1.95. The maximum Gasteiger partial charge on any atom is 0.237 e. The molecular formula is C23H26ClFN4O. The number of aryl methyl sites for hydroxylation is 1. The number of hydrogen-bond acceptors (Lipinski definition) is 3. The smallest absolute Gasteiger partial charge is 0.237 e. The fourth-order valence-electron chi connectivity index (χ4n) is 3.11. The van der Waals surface area contributed by atoms with Gasteiger partial charge >= 0.3 is 0 Å². The first-order valence-electron chi connectivity index (χ1n) is 9.95. The predicted octanol–water partition coefficient (Wildman–Crippen LogP) is 4.44. The Bertz CT molecular complexity index is 956. The fourth-order valence-corrected chi connectivity index (χ4v) is 3.24. The standard InChI is InChI=1S/C23H26ClFN4O/c1-16(23(30)26-15-17-5-9-19(24)10-6-17)29(2)13-3-4-21-14-22(28-27-21)18-7-11-20(25)12-8-18/h5-12,14,16H,3-4,13,15H2,1-2H3,(H,26,30)(H,27,28). The van der Waals surface area contributed by atoms with Gasteiger partial charge in [0, 0.05) is 22.8 Å². The molecule has 3 aromatic rings. The first-order chi connectivity index (χ1) is 14.4. The third-order valence-electron chi connectivity index (χ3n) is 5.15. The maximum absolute atomic E-state index is 13.1. The molecule has 1 atom stereocenters. The SMILES string of the molecule is CC(C(=O)NCc1ccc(Cl)cc1)N(C)CCCc1cc(-c2ccc(F)cc2)n[nH]1. The molecule has 1 aromatic heterocycles. The van der Waals surface area contributed by atoms with E-state index in [1.54, 1.807) is 12.1 Å². The number of aromatic amines is 1. The van der Waals surface area contributed by atoms with Crippen LogP contribution in [0.25, 0.3) is 11.3 Å². The molecule has 0 saturated heterocycles. The number of nitrogens with zero attached hydrogens (tertiary/aromatic N) is 2.